The van der Waals surface area contributed by atoms with Gasteiger partial charge in [0, 0.05) is 19.7 Å². The lowest BCUT2D eigenvalue weighted by molar-refractivity contribution is -0.118. The molecule has 6 nitrogen and oxygen atoms in total. The summed E-state index contributed by atoms with van der Waals surface area (Å²) in [4.78, 5) is 11.9. The summed E-state index contributed by atoms with van der Waals surface area (Å²) in [6, 6.07) is 3.18. The molecule has 0 aliphatic rings. The van der Waals surface area contributed by atoms with Crippen molar-refractivity contribution in [1.82, 2.24) is 0 Å². The SMILES string of the molecule is COc1cc(OC)c(NC(=O)CC(CN)OC)cc1Cl.Cl. The molecular formula is C13H20Cl2N2O4. The van der Waals surface area contributed by atoms with Gasteiger partial charge in [-0.15, -0.1) is 12.4 Å². The molecule has 1 aromatic carbocycles. The zero-order chi connectivity index (χ0) is 15.1. The molecule has 3 N–H and O–H groups in total. The van der Waals surface area contributed by atoms with Crippen LogP contribution in [0.3, 0.4) is 0 Å². The smallest absolute Gasteiger partial charge is 0.227 e. The van der Waals surface area contributed by atoms with Gasteiger partial charge in [-0.2, -0.15) is 0 Å². The molecule has 1 unspecified atom stereocenters. The standard InChI is InChI=1S/C13H19ClN2O4.ClH/c1-18-8(7-15)4-13(17)16-10-5-9(14)11(19-2)6-12(10)20-3;/h5-6,8H,4,7,15H2,1-3H3,(H,16,17);1H. The highest BCUT2D eigenvalue weighted by Gasteiger charge is 2.15. The van der Waals surface area contributed by atoms with Crippen LogP contribution in [-0.2, 0) is 9.53 Å². The minimum Gasteiger partial charge on any atom is -0.495 e. The molecule has 0 bridgehead atoms. The van der Waals surface area contributed by atoms with Crippen molar-refractivity contribution in [3.8, 4) is 11.5 Å². The maximum absolute atomic E-state index is 11.9. The van der Waals surface area contributed by atoms with E-state index in [0.717, 1.165) is 0 Å². The summed E-state index contributed by atoms with van der Waals surface area (Å²) < 4.78 is 15.3. The summed E-state index contributed by atoms with van der Waals surface area (Å²) in [6.07, 6.45) is -0.172. The van der Waals surface area contributed by atoms with Crippen LogP contribution in [0.1, 0.15) is 6.42 Å². The number of methoxy groups -OCH3 is 3. The van der Waals surface area contributed by atoms with Crippen LogP contribution in [0, 0.1) is 0 Å². The van der Waals surface area contributed by atoms with Crippen molar-refractivity contribution in [3.63, 3.8) is 0 Å². The van der Waals surface area contributed by atoms with Crippen molar-refractivity contribution in [1.29, 1.82) is 0 Å². The molecule has 1 amide bonds. The molecule has 21 heavy (non-hydrogen) atoms. The third-order valence-corrected chi connectivity index (χ3v) is 3.05. The number of carbonyl (C=O) groups is 1. The van der Waals surface area contributed by atoms with Crippen molar-refractivity contribution >= 4 is 35.6 Å². The first-order valence-corrected chi connectivity index (χ1v) is 6.37. The number of benzene rings is 1. The molecule has 0 spiro atoms. The van der Waals surface area contributed by atoms with Crippen LogP contribution in [0.4, 0.5) is 5.69 Å². The number of rotatable bonds is 7. The van der Waals surface area contributed by atoms with Crippen molar-refractivity contribution in [3.05, 3.63) is 17.2 Å². The average Bonchev–Trinajstić information content (AvgIpc) is 2.45. The van der Waals surface area contributed by atoms with E-state index >= 15 is 0 Å². The molecule has 0 radical (unpaired) electrons. The number of nitrogens with one attached hydrogen (secondary N) is 1. The van der Waals surface area contributed by atoms with Gasteiger partial charge < -0.3 is 25.3 Å². The van der Waals surface area contributed by atoms with E-state index in [9.17, 15) is 4.79 Å². The Morgan fingerprint density at radius 2 is 1.90 bits per heavy atom. The Labute approximate surface area is 135 Å². The monoisotopic (exact) mass is 338 g/mol. The predicted molar refractivity (Wildman–Crippen MR) is 84.9 cm³/mol. The normalized spacial score (nSPS) is 11.3. The fourth-order valence-electron chi connectivity index (χ4n) is 1.63. The lowest BCUT2D eigenvalue weighted by Gasteiger charge is -2.15. The van der Waals surface area contributed by atoms with Gasteiger partial charge in [0.15, 0.2) is 0 Å². The van der Waals surface area contributed by atoms with Gasteiger partial charge in [0.25, 0.3) is 0 Å². The van der Waals surface area contributed by atoms with Gasteiger partial charge >= 0.3 is 0 Å². The first-order valence-electron chi connectivity index (χ1n) is 5.99. The fourth-order valence-corrected chi connectivity index (χ4v) is 1.87. The van der Waals surface area contributed by atoms with E-state index in [1.165, 1.54) is 21.3 Å². The van der Waals surface area contributed by atoms with Crippen molar-refractivity contribution in [2.24, 2.45) is 5.73 Å². The molecule has 0 aromatic heterocycles. The summed E-state index contributed by atoms with van der Waals surface area (Å²) in [5.41, 5.74) is 5.94. The topological polar surface area (TPSA) is 82.8 Å². The third kappa shape index (κ3) is 5.59. The largest absolute Gasteiger partial charge is 0.495 e. The van der Waals surface area contributed by atoms with Crippen LogP contribution < -0.4 is 20.5 Å². The van der Waals surface area contributed by atoms with Gasteiger partial charge in [0.1, 0.15) is 11.5 Å². The van der Waals surface area contributed by atoms with Gasteiger partial charge in [-0.3, -0.25) is 4.79 Å². The first-order chi connectivity index (χ1) is 9.55. The van der Waals surface area contributed by atoms with E-state index in [4.69, 9.17) is 31.5 Å². The lowest BCUT2D eigenvalue weighted by atomic mass is 10.2. The number of carbonyl (C=O) groups excluding carboxylic acids is 1. The summed E-state index contributed by atoms with van der Waals surface area (Å²) in [5.74, 6) is 0.696. The molecule has 1 aromatic rings. The summed E-state index contributed by atoms with van der Waals surface area (Å²) >= 11 is 6.03. The van der Waals surface area contributed by atoms with E-state index in [-0.39, 0.29) is 37.4 Å². The van der Waals surface area contributed by atoms with Crippen LogP contribution in [0.15, 0.2) is 12.1 Å². The van der Waals surface area contributed by atoms with Gasteiger partial charge in [0.05, 0.1) is 37.5 Å². The summed E-state index contributed by atoms with van der Waals surface area (Å²) in [7, 11) is 4.51. The van der Waals surface area contributed by atoms with Crippen molar-refractivity contribution in [2.75, 3.05) is 33.2 Å². The Hall–Kier alpha value is -1.21. The van der Waals surface area contributed by atoms with Crippen LogP contribution in [0.2, 0.25) is 5.02 Å². The molecule has 0 saturated heterocycles. The Kier molecular flexibility index (Phi) is 9.12. The highest BCUT2D eigenvalue weighted by Crippen LogP contribution is 2.35. The highest BCUT2D eigenvalue weighted by molar-refractivity contribution is 6.32. The molecule has 8 heteroatoms. The Bertz CT molecular complexity index is 468. The number of ether oxygens (including phenoxy) is 3. The molecule has 120 valence electrons. The molecule has 0 heterocycles. The van der Waals surface area contributed by atoms with Gasteiger partial charge in [-0.05, 0) is 6.07 Å². The third-order valence-electron chi connectivity index (χ3n) is 2.76. The second kappa shape index (κ2) is 9.68. The molecule has 0 aliphatic heterocycles. The van der Waals surface area contributed by atoms with E-state index < -0.39 is 0 Å². The van der Waals surface area contributed by atoms with E-state index in [0.29, 0.717) is 22.2 Å². The quantitative estimate of drug-likeness (QED) is 0.795. The van der Waals surface area contributed by atoms with Gasteiger partial charge in [-0.25, -0.2) is 0 Å². The van der Waals surface area contributed by atoms with Crippen LogP contribution in [-0.4, -0.2) is 39.9 Å². The number of hydrogen-bond acceptors (Lipinski definition) is 5. The Balaban J connectivity index is 0.00000400. The molecule has 0 aliphatic carbocycles. The molecule has 0 fully saturated rings. The van der Waals surface area contributed by atoms with Crippen LogP contribution in [0.5, 0.6) is 11.5 Å². The summed E-state index contributed by atoms with van der Waals surface area (Å²) in [5, 5.41) is 3.09. The molecule has 0 saturated carbocycles. The second-order valence-electron chi connectivity index (χ2n) is 4.03. The van der Waals surface area contributed by atoms with Gasteiger partial charge in [-0.1, -0.05) is 11.6 Å². The zero-order valence-corrected chi connectivity index (χ0v) is 13.7. The fraction of sp³-hybridized carbons (Fsp3) is 0.462. The molecular weight excluding hydrogens is 319 g/mol. The molecule has 1 rings (SSSR count). The maximum atomic E-state index is 11.9. The second-order valence-corrected chi connectivity index (χ2v) is 4.44. The Morgan fingerprint density at radius 1 is 1.29 bits per heavy atom. The number of halogens is 2. The first kappa shape index (κ1) is 19.8. The number of amides is 1. The maximum Gasteiger partial charge on any atom is 0.227 e. The number of nitrogens with two attached hydrogens (primary N) is 1. The number of anilines is 1. The minimum atomic E-state index is -0.324. The van der Waals surface area contributed by atoms with Crippen LogP contribution >= 0.6 is 24.0 Å². The Morgan fingerprint density at radius 3 is 2.38 bits per heavy atom. The van der Waals surface area contributed by atoms with E-state index in [2.05, 4.69) is 5.32 Å². The van der Waals surface area contributed by atoms with Crippen molar-refractivity contribution < 1.29 is 19.0 Å². The zero-order valence-electron chi connectivity index (χ0n) is 12.1. The average molecular weight is 339 g/mol. The van der Waals surface area contributed by atoms with E-state index in [1.807, 2.05) is 0 Å². The minimum absolute atomic E-state index is 0. The highest BCUT2D eigenvalue weighted by atomic mass is 35.5. The van der Waals surface area contributed by atoms with E-state index in [1.54, 1.807) is 12.1 Å². The summed E-state index contributed by atoms with van der Waals surface area (Å²) in [6.45, 7) is 0.268. The van der Waals surface area contributed by atoms with Crippen LogP contribution in [0.25, 0.3) is 0 Å². The molecule has 1 atom stereocenters. The van der Waals surface area contributed by atoms with Crippen molar-refractivity contribution in [2.45, 2.75) is 12.5 Å². The lowest BCUT2D eigenvalue weighted by Crippen LogP contribution is -2.28. The predicted octanol–water partition coefficient (Wildman–Crippen LogP) is 2.08. The van der Waals surface area contributed by atoms with Gasteiger partial charge in [0.2, 0.25) is 5.91 Å². The number of hydrogen-bond donors (Lipinski definition) is 2.